The molecule has 0 amide bonds. The van der Waals surface area contributed by atoms with Gasteiger partial charge in [0.15, 0.2) is 0 Å². The third-order valence-corrected chi connectivity index (χ3v) is 4.95. The van der Waals surface area contributed by atoms with Crippen molar-refractivity contribution in [1.82, 2.24) is 10.2 Å². The number of nitrogens with zero attached hydrogens (tertiary/aromatic N) is 1. The van der Waals surface area contributed by atoms with E-state index in [1.165, 1.54) is 64.5 Å². The molecule has 0 spiro atoms. The first-order chi connectivity index (χ1) is 8.27. The Labute approximate surface area is 107 Å². The van der Waals surface area contributed by atoms with Crippen LogP contribution in [-0.4, -0.2) is 37.1 Å². The molecule has 1 saturated heterocycles. The molecule has 2 aliphatic rings. The van der Waals surface area contributed by atoms with Crippen LogP contribution in [0.2, 0.25) is 0 Å². The predicted octanol–water partition coefficient (Wildman–Crippen LogP) is 3.03. The minimum Gasteiger partial charge on any atom is -0.312 e. The number of hydrogen-bond donors (Lipinski definition) is 1. The largest absolute Gasteiger partial charge is 0.312 e. The molecule has 2 rings (SSSR count). The fourth-order valence-corrected chi connectivity index (χ4v) is 3.52. The molecule has 0 aromatic carbocycles. The normalized spacial score (nSPS) is 30.4. The summed E-state index contributed by atoms with van der Waals surface area (Å²) in [5.74, 6) is 0.942. The summed E-state index contributed by atoms with van der Waals surface area (Å²) < 4.78 is 0. The molecule has 1 heterocycles. The SMILES string of the molecule is C[C@H](NCC1CCCCN1C)C1CCCCC1. The van der Waals surface area contributed by atoms with Crippen molar-refractivity contribution in [3.63, 3.8) is 0 Å². The second-order valence-corrected chi connectivity index (χ2v) is 6.23. The maximum absolute atomic E-state index is 3.81. The van der Waals surface area contributed by atoms with Gasteiger partial charge in [0.05, 0.1) is 0 Å². The molecule has 1 N–H and O–H groups in total. The summed E-state index contributed by atoms with van der Waals surface area (Å²) in [6.07, 6.45) is 11.5. The van der Waals surface area contributed by atoms with E-state index in [0.717, 1.165) is 18.0 Å². The molecular formula is C15H30N2. The molecule has 1 unspecified atom stereocenters. The van der Waals surface area contributed by atoms with Crippen LogP contribution in [0.25, 0.3) is 0 Å². The van der Waals surface area contributed by atoms with Crippen LogP contribution in [0.3, 0.4) is 0 Å². The van der Waals surface area contributed by atoms with Crippen molar-refractivity contribution in [3.8, 4) is 0 Å². The Morgan fingerprint density at radius 3 is 2.47 bits per heavy atom. The maximum Gasteiger partial charge on any atom is 0.0217 e. The van der Waals surface area contributed by atoms with E-state index in [4.69, 9.17) is 0 Å². The topological polar surface area (TPSA) is 15.3 Å². The molecule has 1 aliphatic carbocycles. The van der Waals surface area contributed by atoms with Crippen LogP contribution in [-0.2, 0) is 0 Å². The fourth-order valence-electron chi connectivity index (χ4n) is 3.52. The van der Waals surface area contributed by atoms with Crippen molar-refractivity contribution in [2.24, 2.45) is 5.92 Å². The monoisotopic (exact) mass is 238 g/mol. The highest BCUT2D eigenvalue weighted by Gasteiger charge is 2.23. The summed E-state index contributed by atoms with van der Waals surface area (Å²) in [7, 11) is 2.29. The molecule has 100 valence electrons. The zero-order chi connectivity index (χ0) is 12.1. The Morgan fingerprint density at radius 1 is 1.06 bits per heavy atom. The summed E-state index contributed by atoms with van der Waals surface area (Å²) >= 11 is 0. The van der Waals surface area contributed by atoms with Gasteiger partial charge < -0.3 is 10.2 Å². The van der Waals surface area contributed by atoms with Crippen LogP contribution < -0.4 is 5.32 Å². The smallest absolute Gasteiger partial charge is 0.0217 e. The van der Waals surface area contributed by atoms with Gasteiger partial charge in [-0.25, -0.2) is 0 Å². The first-order valence-electron chi connectivity index (χ1n) is 7.71. The van der Waals surface area contributed by atoms with Gasteiger partial charge in [-0.15, -0.1) is 0 Å². The highest BCUT2D eigenvalue weighted by molar-refractivity contribution is 4.81. The van der Waals surface area contributed by atoms with E-state index >= 15 is 0 Å². The number of rotatable bonds is 4. The van der Waals surface area contributed by atoms with Gasteiger partial charge in [-0.05, 0) is 52.1 Å². The van der Waals surface area contributed by atoms with Crippen LogP contribution in [0.4, 0.5) is 0 Å². The van der Waals surface area contributed by atoms with Crippen LogP contribution in [0, 0.1) is 5.92 Å². The van der Waals surface area contributed by atoms with Crippen molar-refractivity contribution < 1.29 is 0 Å². The second kappa shape index (κ2) is 6.75. The zero-order valence-corrected chi connectivity index (χ0v) is 11.8. The highest BCUT2D eigenvalue weighted by atomic mass is 15.2. The molecule has 1 saturated carbocycles. The maximum atomic E-state index is 3.81. The van der Waals surface area contributed by atoms with Gasteiger partial charge in [0.25, 0.3) is 0 Å². The molecule has 2 heteroatoms. The lowest BCUT2D eigenvalue weighted by Gasteiger charge is -2.35. The number of likely N-dealkylation sites (N-methyl/N-ethyl adjacent to an activating group) is 1. The van der Waals surface area contributed by atoms with Crippen molar-refractivity contribution in [3.05, 3.63) is 0 Å². The minimum absolute atomic E-state index is 0.727. The highest BCUT2D eigenvalue weighted by Crippen LogP contribution is 2.26. The first-order valence-corrected chi connectivity index (χ1v) is 7.71. The van der Waals surface area contributed by atoms with Crippen LogP contribution in [0.1, 0.15) is 58.3 Å². The van der Waals surface area contributed by atoms with Gasteiger partial charge in [-0.1, -0.05) is 25.7 Å². The van der Waals surface area contributed by atoms with Crippen LogP contribution >= 0.6 is 0 Å². The van der Waals surface area contributed by atoms with Gasteiger partial charge in [-0.2, -0.15) is 0 Å². The standard InChI is InChI=1S/C15H30N2/c1-13(14-8-4-3-5-9-14)16-12-15-10-6-7-11-17(15)2/h13-16H,3-12H2,1-2H3/t13-,15?/m0/s1. The lowest BCUT2D eigenvalue weighted by molar-refractivity contribution is 0.170. The van der Waals surface area contributed by atoms with E-state index < -0.39 is 0 Å². The number of hydrogen-bond acceptors (Lipinski definition) is 2. The summed E-state index contributed by atoms with van der Waals surface area (Å²) in [5.41, 5.74) is 0. The van der Waals surface area contributed by atoms with Gasteiger partial charge in [0.2, 0.25) is 0 Å². The Bertz CT molecular complexity index is 211. The Balaban J connectivity index is 1.69. The van der Waals surface area contributed by atoms with Crippen molar-refractivity contribution in [2.45, 2.75) is 70.4 Å². The molecule has 17 heavy (non-hydrogen) atoms. The summed E-state index contributed by atoms with van der Waals surface area (Å²) in [6, 6.07) is 1.51. The molecule has 1 aliphatic heterocycles. The first kappa shape index (κ1) is 13.4. The van der Waals surface area contributed by atoms with E-state index in [2.05, 4.69) is 24.2 Å². The lowest BCUT2D eigenvalue weighted by atomic mass is 9.84. The van der Waals surface area contributed by atoms with E-state index in [9.17, 15) is 0 Å². The summed E-state index contributed by atoms with van der Waals surface area (Å²) in [5, 5.41) is 3.81. The van der Waals surface area contributed by atoms with Crippen molar-refractivity contribution in [1.29, 1.82) is 0 Å². The summed E-state index contributed by atoms with van der Waals surface area (Å²) in [4.78, 5) is 2.55. The second-order valence-electron chi connectivity index (χ2n) is 6.23. The summed E-state index contributed by atoms with van der Waals surface area (Å²) in [6.45, 7) is 4.90. The lowest BCUT2D eigenvalue weighted by Crippen LogP contribution is -2.46. The molecular weight excluding hydrogens is 208 g/mol. The van der Waals surface area contributed by atoms with Crippen molar-refractivity contribution >= 4 is 0 Å². The van der Waals surface area contributed by atoms with Gasteiger partial charge >= 0.3 is 0 Å². The van der Waals surface area contributed by atoms with E-state index in [-0.39, 0.29) is 0 Å². The molecule has 2 atom stereocenters. The van der Waals surface area contributed by atoms with E-state index in [1.807, 2.05) is 0 Å². The number of nitrogens with one attached hydrogen (secondary N) is 1. The Morgan fingerprint density at radius 2 is 1.76 bits per heavy atom. The molecule has 2 nitrogen and oxygen atoms in total. The Hall–Kier alpha value is -0.0800. The van der Waals surface area contributed by atoms with E-state index in [0.29, 0.717) is 0 Å². The number of likely N-dealkylation sites (tertiary alicyclic amines) is 1. The zero-order valence-electron chi connectivity index (χ0n) is 11.8. The molecule has 0 aromatic heterocycles. The minimum atomic E-state index is 0.727. The third-order valence-electron chi connectivity index (χ3n) is 4.95. The Kier molecular flexibility index (Phi) is 5.30. The molecule has 0 bridgehead atoms. The van der Waals surface area contributed by atoms with Crippen LogP contribution in [0.15, 0.2) is 0 Å². The fraction of sp³-hybridized carbons (Fsp3) is 1.00. The van der Waals surface area contributed by atoms with Gasteiger partial charge in [0, 0.05) is 18.6 Å². The molecule has 0 radical (unpaired) electrons. The quantitative estimate of drug-likeness (QED) is 0.810. The third kappa shape index (κ3) is 3.96. The van der Waals surface area contributed by atoms with Gasteiger partial charge in [-0.3, -0.25) is 0 Å². The number of piperidine rings is 1. The van der Waals surface area contributed by atoms with Crippen molar-refractivity contribution in [2.75, 3.05) is 20.1 Å². The van der Waals surface area contributed by atoms with E-state index in [1.54, 1.807) is 0 Å². The molecule has 0 aromatic rings. The average Bonchev–Trinajstić information content (AvgIpc) is 2.38. The van der Waals surface area contributed by atoms with Crippen LogP contribution in [0.5, 0.6) is 0 Å². The van der Waals surface area contributed by atoms with Gasteiger partial charge in [0.1, 0.15) is 0 Å². The molecule has 2 fully saturated rings. The average molecular weight is 238 g/mol. The predicted molar refractivity (Wildman–Crippen MR) is 74.3 cm³/mol.